The van der Waals surface area contributed by atoms with Crippen molar-refractivity contribution in [1.82, 2.24) is 0 Å². The summed E-state index contributed by atoms with van der Waals surface area (Å²) in [7, 11) is 0. The quantitative estimate of drug-likeness (QED) is 0.543. The van der Waals surface area contributed by atoms with Crippen molar-refractivity contribution >= 4 is 5.97 Å². The van der Waals surface area contributed by atoms with Crippen molar-refractivity contribution in [3.05, 3.63) is 48.6 Å². The Kier molecular flexibility index (Phi) is 4.15. The molecular weight excluding hydrogens is 276 g/mol. The number of rotatable bonds is 4. The van der Waals surface area contributed by atoms with Gasteiger partial charge in [-0.05, 0) is 19.1 Å². The van der Waals surface area contributed by atoms with Crippen LogP contribution >= 0.6 is 0 Å². The van der Waals surface area contributed by atoms with Gasteiger partial charge in [-0.25, -0.2) is 4.79 Å². The first-order chi connectivity index (χ1) is 9.81. The molecule has 3 N–H and O–H groups in total. The Balaban J connectivity index is 2.06. The molecule has 1 heterocycles. The van der Waals surface area contributed by atoms with Crippen molar-refractivity contribution in [2.75, 3.05) is 6.61 Å². The van der Waals surface area contributed by atoms with Crippen molar-refractivity contribution in [2.24, 2.45) is 0 Å². The fourth-order valence-corrected chi connectivity index (χ4v) is 2.27. The highest BCUT2D eigenvalue weighted by Gasteiger charge is 2.59. The summed E-state index contributed by atoms with van der Waals surface area (Å²) in [5.41, 5.74) is -1.55. The van der Waals surface area contributed by atoms with Crippen LogP contribution in [0.5, 0.6) is 0 Å². The number of carbonyl (C=O) groups excluding carboxylic acids is 1. The number of hydrogen-bond donors (Lipinski definition) is 3. The predicted molar refractivity (Wildman–Crippen MR) is 73.4 cm³/mol. The fourth-order valence-electron chi connectivity index (χ4n) is 2.27. The van der Waals surface area contributed by atoms with E-state index >= 15 is 0 Å². The van der Waals surface area contributed by atoms with Crippen LogP contribution in [0.3, 0.4) is 0 Å². The van der Waals surface area contributed by atoms with Crippen LogP contribution < -0.4 is 0 Å². The fraction of sp³-hybridized carbons (Fsp3) is 0.400. The lowest BCUT2D eigenvalue weighted by Crippen LogP contribution is -2.50. The summed E-state index contributed by atoms with van der Waals surface area (Å²) in [6.45, 7) is 4.31. The SMILES string of the molecule is C=C[C@@]1(O)[C@@H](COC(=O)c2ccccc2)OC(C)(O)[C@@H]1O. The summed E-state index contributed by atoms with van der Waals surface area (Å²) in [4.78, 5) is 11.8. The second-order valence-electron chi connectivity index (χ2n) is 5.12. The van der Waals surface area contributed by atoms with Crippen LogP contribution in [0.2, 0.25) is 0 Å². The Hall–Kier alpha value is -1.73. The third-order valence-electron chi connectivity index (χ3n) is 3.54. The summed E-state index contributed by atoms with van der Waals surface area (Å²) in [6, 6.07) is 8.32. The van der Waals surface area contributed by atoms with E-state index in [4.69, 9.17) is 9.47 Å². The van der Waals surface area contributed by atoms with Gasteiger partial charge in [-0.1, -0.05) is 24.3 Å². The van der Waals surface area contributed by atoms with Gasteiger partial charge in [-0.3, -0.25) is 0 Å². The van der Waals surface area contributed by atoms with Crippen LogP contribution in [0.4, 0.5) is 0 Å². The molecule has 1 aliphatic heterocycles. The molecule has 114 valence electrons. The van der Waals surface area contributed by atoms with Gasteiger partial charge < -0.3 is 24.8 Å². The van der Waals surface area contributed by atoms with E-state index in [0.29, 0.717) is 5.56 Å². The number of benzene rings is 1. The van der Waals surface area contributed by atoms with E-state index in [1.807, 2.05) is 0 Å². The minimum absolute atomic E-state index is 0.330. The molecule has 6 heteroatoms. The van der Waals surface area contributed by atoms with Crippen molar-refractivity contribution < 1.29 is 29.6 Å². The lowest BCUT2D eigenvalue weighted by molar-refractivity contribution is -0.217. The molecule has 0 aromatic heterocycles. The first-order valence-electron chi connectivity index (χ1n) is 6.47. The third-order valence-corrected chi connectivity index (χ3v) is 3.54. The van der Waals surface area contributed by atoms with Crippen molar-refractivity contribution in [2.45, 2.75) is 30.5 Å². The zero-order valence-corrected chi connectivity index (χ0v) is 11.6. The van der Waals surface area contributed by atoms with E-state index in [-0.39, 0.29) is 6.61 Å². The highest BCUT2D eigenvalue weighted by Crippen LogP contribution is 2.37. The molecule has 21 heavy (non-hydrogen) atoms. The maximum atomic E-state index is 11.8. The topological polar surface area (TPSA) is 96.2 Å². The molecule has 0 amide bonds. The number of esters is 1. The van der Waals surface area contributed by atoms with E-state index in [0.717, 1.165) is 6.08 Å². The number of aliphatic hydroxyl groups is 3. The molecular formula is C15H18O6. The van der Waals surface area contributed by atoms with E-state index in [2.05, 4.69) is 6.58 Å². The molecule has 1 fully saturated rings. The predicted octanol–water partition coefficient (Wildman–Crippen LogP) is 0.229. The summed E-state index contributed by atoms with van der Waals surface area (Å²) >= 11 is 0. The van der Waals surface area contributed by atoms with Gasteiger partial charge in [0.05, 0.1) is 5.56 Å². The Morgan fingerprint density at radius 3 is 2.62 bits per heavy atom. The largest absolute Gasteiger partial charge is 0.459 e. The number of ether oxygens (including phenoxy) is 2. The minimum atomic E-state index is -1.95. The van der Waals surface area contributed by atoms with Gasteiger partial charge in [0.1, 0.15) is 24.4 Å². The second kappa shape index (κ2) is 5.57. The molecule has 0 bridgehead atoms. The Bertz CT molecular complexity index is 526. The van der Waals surface area contributed by atoms with Crippen molar-refractivity contribution in [3.8, 4) is 0 Å². The normalized spacial score (nSPS) is 35.4. The first kappa shape index (κ1) is 15.7. The molecule has 0 saturated carbocycles. The monoisotopic (exact) mass is 294 g/mol. The average Bonchev–Trinajstić information content (AvgIpc) is 2.66. The molecule has 4 atom stereocenters. The summed E-state index contributed by atoms with van der Waals surface area (Å²) in [5.74, 6) is -2.54. The van der Waals surface area contributed by atoms with E-state index < -0.39 is 29.6 Å². The molecule has 1 aromatic rings. The molecule has 0 spiro atoms. The maximum absolute atomic E-state index is 11.8. The molecule has 6 nitrogen and oxygen atoms in total. The van der Waals surface area contributed by atoms with Crippen LogP contribution in [-0.2, 0) is 9.47 Å². The van der Waals surface area contributed by atoms with Gasteiger partial charge in [0, 0.05) is 0 Å². The van der Waals surface area contributed by atoms with Gasteiger partial charge >= 0.3 is 5.97 Å². The molecule has 1 aliphatic rings. The summed E-state index contributed by atoms with van der Waals surface area (Å²) in [5, 5.41) is 30.1. The van der Waals surface area contributed by atoms with Crippen molar-refractivity contribution in [1.29, 1.82) is 0 Å². The Morgan fingerprint density at radius 1 is 1.43 bits per heavy atom. The van der Waals surface area contributed by atoms with E-state index in [1.54, 1.807) is 30.3 Å². The second-order valence-corrected chi connectivity index (χ2v) is 5.12. The van der Waals surface area contributed by atoms with E-state index in [9.17, 15) is 20.1 Å². The Morgan fingerprint density at radius 2 is 2.05 bits per heavy atom. The lowest BCUT2D eigenvalue weighted by atomic mass is 9.90. The van der Waals surface area contributed by atoms with Gasteiger partial charge in [-0.2, -0.15) is 0 Å². The molecule has 1 aromatic carbocycles. The van der Waals surface area contributed by atoms with Gasteiger partial charge in [0.15, 0.2) is 5.79 Å². The number of hydrogen-bond acceptors (Lipinski definition) is 6. The van der Waals surface area contributed by atoms with Crippen LogP contribution in [0.15, 0.2) is 43.0 Å². The highest BCUT2D eigenvalue weighted by molar-refractivity contribution is 5.89. The van der Waals surface area contributed by atoms with E-state index in [1.165, 1.54) is 6.92 Å². The van der Waals surface area contributed by atoms with Crippen LogP contribution in [0, 0.1) is 0 Å². The molecule has 2 rings (SSSR count). The minimum Gasteiger partial charge on any atom is -0.459 e. The van der Waals surface area contributed by atoms with Gasteiger partial charge in [0.2, 0.25) is 0 Å². The summed E-state index contributed by atoms with van der Waals surface area (Å²) in [6.07, 6.45) is -1.64. The molecule has 1 saturated heterocycles. The zero-order valence-electron chi connectivity index (χ0n) is 11.6. The van der Waals surface area contributed by atoms with Crippen LogP contribution in [-0.4, -0.2) is 51.5 Å². The molecule has 1 unspecified atom stereocenters. The number of carbonyl (C=O) groups is 1. The van der Waals surface area contributed by atoms with Crippen LogP contribution in [0.1, 0.15) is 17.3 Å². The van der Waals surface area contributed by atoms with Gasteiger partial charge in [0.25, 0.3) is 0 Å². The molecule has 0 aliphatic carbocycles. The smallest absolute Gasteiger partial charge is 0.338 e. The average molecular weight is 294 g/mol. The summed E-state index contributed by atoms with van der Waals surface area (Å²) < 4.78 is 10.2. The zero-order chi connectivity index (χ0) is 15.7. The van der Waals surface area contributed by atoms with Crippen molar-refractivity contribution in [3.63, 3.8) is 0 Å². The van der Waals surface area contributed by atoms with Gasteiger partial charge in [-0.15, -0.1) is 6.58 Å². The van der Waals surface area contributed by atoms with Crippen LogP contribution in [0.25, 0.3) is 0 Å². The Labute approximate surface area is 122 Å². The standard InChI is InChI=1S/C15H18O6/c1-3-15(19)11(21-14(2,18)13(15)17)9-20-12(16)10-7-5-4-6-8-10/h3-8,11,13,17-19H,1,9H2,2H3/t11-,13+,14?,15-/m1/s1. The molecule has 0 radical (unpaired) electrons. The first-order valence-corrected chi connectivity index (χ1v) is 6.47. The number of aliphatic hydroxyl groups excluding tert-OH is 1. The lowest BCUT2D eigenvalue weighted by Gasteiger charge is -2.27. The maximum Gasteiger partial charge on any atom is 0.338 e. The highest BCUT2D eigenvalue weighted by atomic mass is 16.7. The third kappa shape index (κ3) is 2.84.